The van der Waals surface area contributed by atoms with Crippen LogP contribution in [0.1, 0.15) is 32.1 Å². The number of hydrogen-bond donors (Lipinski definition) is 0. The lowest BCUT2D eigenvalue weighted by molar-refractivity contribution is -0.179. The predicted octanol–water partition coefficient (Wildman–Crippen LogP) is 1.06. The van der Waals surface area contributed by atoms with Gasteiger partial charge in [-0.05, 0) is 38.0 Å². The average molecular weight is 337 g/mol. The van der Waals surface area contributed by atoms with Gasteiger partial charge in [0.25, 0.3) is 0 Å². The van der Waals surface area contributed by atoms with E-state index in [2.05, 4.69) is 4.74 Å². The molecule has 0 radical (unpaired) electrons. The number of carbonyl (C=O) groups excluding carboxylic acids is 2. The molecule has 0 aromatic rings. The van der Waals surface area contributed by atoms with Crippen molar-refractivity contribution in [2.75, 3.05) is 6.61 Å². The molecule has 2 unspecified atom stereocenters. The van der Waals surface area contributed by atoms with E-state index in [1.54, 1.807) is 0 Å². The minimum atomic E-state index is -5.88. The zero-order valence-corrected chi connectivity index (χ0v) is 12.4. The van der Waals surface area contributed by atoms with Crippen molar-refractivity contribution >= 4 is 21.9 Å². The molecule has 2 atom stereocenters. The molecule has 0 aliphatic heterocycles. The van der Waals surface area contributed by atoms with Crippen LogP contribution in [0.5, 0.6) is 0 Å². The SMILES string of the molecule is O=C1C2CC3CC1CC(C(=O)OCC(F)(F)S(=O)(=O)[O-])(C3)C2. The zero-order chi connectivity index (χ0) is 16.3. The first-order chi connectivity index (χ1) is 10.0. The quantitative estimate of drug-likeness (QED) is 0.562. The lowest BCUT2D eigenvalue weighted by Crippen LogP contribution is -2.55. The van der Waals surface area contributed by atoms with Crippen LogP contribution in [0, 0.1) is 23.2 Å². The highest BCUT2D eigenvalue weighted by atomic mass is 32.2. The number of hydrogen-bond acceptors (Lipinski definition) is 6. The van der Waals surface area contributed by atoms with Crippen LogP contribution < -0.4 is 0 Å². The van der Waals surface area contributed by atoms with Crippen LogP contribution in [0.15, 0.2) is 0 Å². The average Bonchev–Trinajstić information content (AvgIpc) is 2.39. The molecule has 4 fully saturated rings. The maximum Gasteiger partial charge on any atom is 0.367 e. The Labute approximate surface area is 125 Å². The number of esters is 1. The van der Waals surface area contributed by atoms with E-state index in [-0.39, 0.29) is 36.4 Å². The van der Waals surface area contributed by atoms with Crippen molar-refractivity contribution in [3.63, 3.8) is 0 Å². The Hall–Kier alpha value is -1.09. The van der Waals surface area contributed by atoms with E-state index < -0.39 is 33.4 Å². The summed E-state index contributed by atoms with van der Waals surface area (Å²) in [4.78, 5) is 24.2. The molecule has 4 bridgehead atoms. The Kier molecular flexibility index (Phi) is 3.38. The van der Waals surface area contributed by atoms with Crippen molar-refractivity contribution < 1.29 is 36.1 Å². The maximum absolute atomic E-state index is 13.1. The second-order valence-electron chi connectivity index (χ2n) is 6.69. The summed E-state index contributed by atoms with van der Waals surface area (Å²) in [5, 5.41) is -4.64. The number of halogens is 2. The summed E-state index contributed by atoms with van der Waals surface area (Å²) in [7, 11) is -5.88. The van der Waals surface area contributed by atoms with Gasteiger partial charge in [-0.2, -0.15) is 8.78 Å². The number of rotatable bonds is 4. The van der Waals surface area contributed by atoms with Gasteiger partial charge >= 0.3 is 11.2 Å². The number of carbonyl (C=O) groups is 2. The van der Waals surface area contributed by atoms with E-state index in [0.29, 0.717) is 6.42 Å². The molecule has 22 heavy (non-hydrogen) atoms. The molecule has 4 aliphatic rings. The second kappa shape index (κ2) is 4.70. The van der Waals surface area contributed by atoms with Crippen molar-refractivity contribution in [1.82, 2.24) is 0 Å². The fraction of sp³-hybridized carbons (Fsp3) is 0.846. The Balaban J connectivity index is 1.72. The lowest BCUT2D eigenvalue weighted by atomic mass is 9.49. The van der Waals surface area contributed by atoms with Crippen molar-refractivity contribution in [3.05, 3.63) is 0 Å². The summed E-state index contributed by atoms with van der Waals surface area (Å²) in [6.07, 6.45) is 2.45. The van der Waals surface area contributed by atoms with Gasteiger partial charge in [-0.25, -0.2) is 8.42 Å². The molecule has 0 heterocycles. The highest BCUT2D eigenvalue weighted by molar-refractivity contribution is 7.86. The van der Waals surface area contributed by atoms with E-state index in [9.17, 15) is 31.3 Å². The van der Waals surface area contributed by atoms with Crippen LogP contribution in [0.25, 0.3) is 0 Å². The molecule has 4 rings (SSSR count). The topological polar surface area (TPSA) is 101 Å². The molecule has 0 amide bonds. The van der Waals surface area contributed by atoms with Crippen LogP contribution in [0.3, 0.4) is 0 Å². The Bertz CT molecular complexity index is 610. The van der Waals surface area contributed by atoms with Gasteiger partial charge in [-0.1, -0.05) is 0 Å². The molecule has 124 valence electrons. The van der Waals surface area contributed by atoms with Gasteiger partial charge in [0.1, 0.15) is 5.78 Å². The molecule has 4 aliphatic carbocycles. The van der Waals surface area contributed by atoms with E-state index in [0.717, 1.165) is 12.8 Å². The molecule has 0 N–H and O–H groups in total. The molecule has 4 saturated carbocycles. The maximum atomic E-state index is 13.1. The Morgan fingerprint density at radius 2 is 1.82 bits per heavy atom. The number of ether oxygens (including phenoxy) is 1. The van der Waals surface area contributed by atoms with Crippen LogP contribution in [-0.2, 0) is 24.4 Å². The highest BCUT2D eigenvalue weighted by Crippen LogP contribution is 2.59. The summed E-state index contributed by atoms with van der Waals surface area (Å²) in [6, 6.07) is 0. The molecule has 0 aromatic carbocycles. The molecule has 9 heteroatoms. The summed E-state index contributed by atoms with van der Waals surface area (Å²) in [6.45, 7) is -1.77. The standard InChI is InChI=1S/C13H16F2O6S/c14-13(15,22(18,19)20)6-21-11(17)12-3-7-1-8(4-12)10(16)9(2-7)5-12/h7-9H,1-6H2,(H,18,19,20)/p-1. The molecule has 0 spiro atoms. The van der Waals surface area contributed by atoms with Gasteiger partial charge in [0.05, 0.1) is 5.41 Å². The summed E-state index contributed by atoms with van der Waals surface area (Å²) >= 11 is 0. The minimum absolute atomic E-state index is 0.131. The van der Waals surface area contributed by atoms with Gasteiger partial charge in [-0.15, -0.1) is 0 Å². The smallest absolute Gasteiger partial charge is 0.367 e. The molecular formula is C13H15F2O6S-. The third kappa shape index (κ3) is 2.34. The third-order valence-electron chi connectivity index (χ3n) is 5.16. The number of alkyl halides is 2. The number of ketones is 1. The van der Waals surface area contributed by atoms with Gasteiger partial charge in [0.2, 0.25) is 0 Å². The fourth-order valence-corrected chi connectivity index (χ4v) is 4.58. The van der Waals surface area contributed by atoms with Crippen molar-refractivity contribution in [3.8, 4) is 0 Å². The normalized spacial score (nSPS) is 37.4. The van der Waals surface area contributed by atoms with Crippen molar-refractivity contribution in [2.24, 2.45) is 23.2 Å². The second-order valence-corrected chi connectivity index (χ2v) is 8.20. The van der Waals surface area contributed by atoms with Crippen LogP contribution in [0.4, 0.5) is 8.78 Å². The zero-order valence-electron chi connectivity index (χ0n) is 11.6. The van der Waals surface area contributed by atoms with Crippen molar-refractivity contribution in [2.45, 2.75) is 37.4 Å². The summed E-state index contributed by atoms with van der Waals surface area (Å²) < 4.78 is 61.9. The lowest BCUT2D eigenvalue weighted by Gasteiger charge is -2.53. The molecule has 0 saturated heterocycles. The molecular weight excluding hydrogens is 322 g/mol. The van der Waals surface area contributed by atoms with Crippen molar-refractivity contribution in [1.29, 1.82) is 0 Å². The third-order valence-corrected chi connectivity index (χ3v) is 6.01. The molecule has 0 aromatic heterocycles. The van der Waals surface area contributed by atoms with Gasteiger partial charge in [-0.3, -0.25) is 9.59 Å². The van der Waals surface area contributed by atoms with Crippen LogP contribution >= 0.6 is 0 Å². The highest BCUT2D eigenvalue weighted by Gasteiger charge is 2.59. The first-order valence-electron chi connectivity index (χ1n) is 7.08. The Morgan fingerprint density at radius 1 is 1.27 bits per heavy atom. The van der Waals surface area contributed by atoms with Crippen LogP contribution in [-0.4, -0.2) is 36.6 Å². The van der Waals surface area contributed by atoms with Gasteiger partial charge in [0.15, 0.2) is 16.7 Å². The first kappa shape index (κ1) is 15.8. The van der Waals surface area contributed by atoms with E-state index in [1.165, 1.54) is 0 Å². The number of Topliss-reactive ketones (excluding diaryl/α,β-unsaturated/α-hetero) is 1. The van der Waals surface area contributed by atoms with E-state index >= 15 is 0 Å². The van der Waals surface area contributed by atoms with Gasteiger partial charge < -0.3 is 9.29 Å². The Morgan fingerprint density at radius 3 is 2.32 bits per heavy atom. The van der Waals surface area contributed by atoms with Crippen LogP contribution in [0.2, 0.25) is 0 Å². The largest absolute Gasteiger partial charge is 0.743 e. The first-order valence-corrected chi connectivity index (χ1v) is 8.49. The predicted molar refractivity (Wildman–Crippen MR) is 66.6 cm³/mol. The van der Waals surface area contributed by atoms with E-state index in [4.69, 9.17) is 0 Å². The summed E-state index contributed by atoms with van der Waals surface area (Å²) in [5.41, 5.74) is -0.979. The molecule has 6 nitrogen and oxygen atoms in total. The minimum Gasteiger partial charge on any atom is -0.743 e. The fourth-order valence-electron chi connectivity index (χ4n) is 4.37. The summed E-state index contributed by atoms with van der Waals surface area (Å²) in [5.74, 6) is -1.05. The van der Waals surface area contributed by atoms with Gasteiger partial charge in [0, 0.05) is 11.8 Å². The van der Waals surface area contributed by atoms with E-state index in [1.807, 2.05) is 0 Å². The monoisotopic (exact) mass is 337 g/mol.